The summed E-state index contributed by atoms with van der Waals surface area (Å²) in [5, 5.41) is 7.39. The standard InChI is InChI=1S/C8H11N3O2/c1-11-5-9-10-8(11)7(12)6-3-2-4-13-6/h5-6H,2-4H2,1H3. The van der Waals surface area contributed by atoms with E-state index in [0.29, 0.717) is 12.4 Å². The average molecular weight is 181 g/mol. The summed E-state index contributed by atoms with van der Waals surface area (Å²) in [5.41, 5.74) is 0. The molecule has 0 saturated carbocycles. The van der Waals surface area contributed by atoms with Gasteiger partial charge in [-0.05, 0) is 12.8 Å². The van der Waals surface area contributed by atoms with Crippen molar-refractivity contribution < 1.29 is 9.53 Å². The Balaban J connectivity index is 2.17. The molecule has 1 aliphatic heterocycles. The average Bonchev–Trinajstić information content (AvgIpc) is 2.72. The lowest BCUT2D eigenvalue weighted by atomic mass is 10.1. The van der Waals surface area contributed by atoms with E-state index in [1.807, 2.05) is 0 Å². The highest BCUT2D eigenvalue weighted by molar-refractivity contribution is 5.96. The number of nitrogens with zero attached hydrogens (tertiary/aromatic N) is 3. The van der Waals surface area contributed by atoms with Crippen molar-refractivity contribution in [1.82, 2.24) is 14.8 Å². The third kappa shape index (κ3) is 1.47. The minimum Gasteiger partial charge on any atom is -0.370 e. The molecule has 0 bridgehead atoms. The Labute approximate surface area is 75.7 Å². The van der Waals surface area contributed by atoms with Crippen LogP contribution < -0.4 is 0 Å². The molecule has 2 heterocycles. The minimum atomic E-state index is -0.303. The molecule has 0 amide bonds. The van der Waals surface area contributed by atoms with Crippen molar-refractivity contribution >= 4 is 5.78 Å². The molecule has 0 spiro atoms. The van der Waals surface area contributed by atoms with E-state index < -0.39 is 0 Å². The van der Waals surface area contributed by atoms with E-state index in [-0.39, 0.29) is 11.9 Å². The van der Waals surface area contributed by atoms with Crippen LogP contribution in [-0.4, -0.2) is 33.3 Å². The molecule has 1 saturated heterocycles. The molecule has 0 radical (unpaired) electrons. The molecule has 0 N–H and O–H groups in total. The van der Waals surface area contributed by atoms with Crippen LogP contribution in [-0.2, 0) is 11.8 Å². The number of carbonyl (C=O) groups is 1. The zero-order chi connectivity index (χ0) is 9.26. The molecule has 13 heavy (non-hydrogen) atoms. The van der Waals surface area contributed by atoms with E-state index in [1.54, 1.807) is 11.6 Å². The Kier molecular flexibility index (Phi) is 2.10. The number of carbonyl (C=O) groups excluding carboxylic acids is 1. The molecule has 1 atom stereocenters. The molecule has 0 aliphatic carbocycles. The maximum atomic E-state index is 11.7. The van der Waals surface area contributed by atoms with E-state index in [1.165, 1.54) is 6.33 Å². The summed E-state index contributed by atoms with van der Waals surface area (Å²) in [6, 6.07) is 0. The number of rotatable bonds is 2. The van der Waals surface area contributed by atoms with E-state index in [9.17, 15) is 4.79 Å². The van der Waals surface area contributed by atoms with Gasteiger partial charge in [-0.15, -0.1) is 10.2 Å². The second kappa shape index (κ2) is 3.26. The van der Waals surface area contributed by atoms with Crippen LogP contribution in [0.5, 0.6) is 0 Å². The summed E-state index contributed by atoms with van der Waals surface area (Å²) in [6.07, 6.45) is 2.96. The van der Waals surface area contributed by atoms with Crippen LogP contribution in [0.1, 0.15) is 23.5 Å². The van der Waals surface area contributed by atoms with Crippen molar-refractivity contribution in [3.05, 3.63) is 12.2 Å². The summed E-state index contributed by atoms with van der Waals surface area (Å²) < 4.78 is 6.88. The van der Waals surface area contributed by atoms with Gasteiger partial charge in [-0.1, -0.05) is 0 Å². The number of Topliss-reactive ketones (excluding diaryl/α,β-unsaturated/α-hetero) is 1. The lowest BCUT2D eigenvalue weighted by molar-refractivity contribution is 0.0628. The van der Waals surface area contributed by atoms with Gasteiger partial charge in [0.2, 0.25) is 11.6 Å². The Morgan fingerprint density at radius 3 is 3.15 bits per heavy atom. The summed E-state index contributed by atoms with van der Waals surface area (Å²) in [5.74, 6) is 0.324. The van der Waals surface area contributed by atoms with Crippen molar-refractivity contribution in [2.75, 3.05) is 6.61 Å². The van der Waals surface area contributed by atoms with Crippen LogP contribution in [0.3, 0.4) is 0 Å². The predicted molar refractivity (Wildman–Crippen MR) is 44.3 cm³/mol. The predicted octanol–water partition coefficient (Wildman–Crippen LogP) is 0.177. The highest BCUT2D eigenvalue weighted by Crippen LogP contribution is 2.15. The lowest BCUT2D eigenvalue weighted by Crippen LogP contribution is -2.22. The molecule has 5 nitrogen and oxygen atoms in total. The first-order valence-corrected chi connectivity index (χ1v) is 4.29. The molecular weight excluding hydrogens is 170 g/mol. The molecular formula is C8H11N3O2. The summed E-state index contributed by atoms with van der Waals surface area (Å²) in [4.78, 5) is 11.7. The van der Waals surface area contributed by atoms with E-state index in [2.05, 4.69) is 10.2 Å². The highest BCUT2D eigenvalue weighted by atomic mass is 16.5. The smallest absolute Gasteiger partial charge is 0.228 e. The van der Waals surface area contributed by atoms with E-state index in [0.717, 1.165) is 12.8 Å². The monoisotopic (exact) mass is 181 g/mol. The van der Waals surface area contributed by atoms with Crippen molar-refractivity contribution in [2.24, 2.45) is 7.05 Å². The second-order valence-electron chi connectivity index (χ2n) is 3.13. The van der Waals surface area contributed by atoms with Crippen LogP contribution in [0.4, 0.5) is 0 Å². The van der Waals surface area contributed by atoms with E-state index >= 15 is 0 Å². The fourth-order valence-corrected chi connectivity index (χ4v) is 1.43. The van der Waals surface area contributed by atoms with Crippen LogP contribution in [0.25, 0.3) is 0 Å². The zero-order valence-electron chi connectivity index (χ0n) is 7.43. The van der Waals surface area contributed by atoms with Gasteiger partial charge in [-0.2, -0.15) is 0 Å². The third-order valence-electron chi connectivity index (χ3n) is 2.15. The highest BCUT2D eigenvalue weighted by Gasteiger charge is 2.27. The van der Waals surface area contributed by atoms with Gasteiger partial charge < -0.3 is 9.30 Å². The van der Waals surface area contributed by atoms with Crippen LogP contribution >= 0.6 is 0 Å². The van der Waals surface area contributed by atoms with Crippen LogP contribution in [0.15, 0.2) is 6.33 Å². The summed E-state index contributed by atoms with van der Waals surface area (Å²) in [6.45, 7) is 0.675. The maximum Gasteiger partial charge on any atom is 0.228 e. The van der Waals surface area contributed by atoms with Crippen LogP contribution in [0, 0.1) is 0 Å². The van der Waals surface area contributed by atoms with Crippen molar-refractivity contribution in [2.45, 2.75) is 18.9 Å². The molecule has 1 fully saturated rings. The Morgan fingerprint density at radius 2 is 2.62 bits per heavy atom. The number of ether oxygens (including phenoxy) is 1. The van der Waals surface area contributed by atoms with Crippen LogP contribution in [0.2, 0.25) is 0 Å². The largest absolute Gasteiger partial charge is 0.370 e. The van der Waals surface area contributed by atoms with Gasteiger partial charge in [0, 0.05) is 13.7 Å². The quantitative estimate of drug-likeness (QED) is 0.610. The van der Waals surface area contributed by atoms with Crippen molar-refractivity contribution in [3.8, 4) is 0 Å². The molecule has 5 heteroatoms. The summed E-state index contributed by atoms with van der Waals surface area (Å²) >= 11 is 0. The van der Waals surface area contributed by atoms with Gasteiger partial charge in [0.05, 0.1) is 0 Å². The third-order valence-corrected chi connectivity index (χ3v) is 2.15. The molecule has 1 unspecified atom stereocenters. The fourth-order valence-electron chi connectivity index (χ4n) is 1.43. The maximum absolute atomic E-state index is 11.7. The Bertz CT molecular complexity index is 315. The second-order valence-corrected chi connectivity index (χ2v) is 3.13. The number of ketones is 1. The van der Waals surface area contributed by atoms with Gasteiger partial charge >= 0.3 is 0 Å². The first-order valence-electron chi connectivity index (χ1n) is 4.29. The molecule has 1 aromatic heterocycles. The SMILES string of the molecule is Cn1cnnc1C(=O)C1CCCO1. The normalized spacial score (nSPS) is 22.1. The first kappa shape index (κ1) is 8.37. The lowest BCUT2D eigenvalue weighted by Gasteiger charge is -2.05. The molecule has 70 valence electrons. The number of hydrogen-bond acceptors (Lipinski definition) is 4. The van der Waals surface area contributed by atoms with Gasteiger partial charge in [-0.3, -0.25) is 4.79 Å². The van der Waals surface area contributed by atoms with Crippen molar-refractivity contribution in [1.29, 1.82) is 0 Å². The Hall–Kier alpha value is -1.23. The van der Waals surface area contributed by atoms with Gasteiger partial charge in [0.25, 0.3) is 0 Å². The summed E-state index contributed by atoms with van der Waals surface area (Å²) in [7, 11) is 1.75. The van der Waals surface area contributed by atoms with Crippen molar-refractivity contribution in [3.63, 3.8) is 0 Å². The minimum absolute atomic E-state index is 0.0579. The zero-order valence-corrected chi connectivity index (χ0v) is 7.43. The van der Waals surface area contributed by atoms with E-state index in [4.69, 9.17) is 4.74 Å². The van der Waals surface area contributed by atoms with Gasteiger partial charge in [-0.25, -0.2) is 0 Å². The fraction of sp³-hybridized carbons (Fsp3) is 0.625. The number of aromatic nitrogens is 3. The molecule has 2 rings (SSSR count). The van der Waals surface area contributed by atoms with Gasteiger partial charge in [0.15, 0.2) is 0 Å². The molecule has 1 aromatic rings. The number of aryl methyl sites for hydroxylation is 1. The topological polar surface area (TPSA) is 57.0 Å². The van der Waals surface area contributed by atoms with Gasteiger partial charge in [0.1, 0.15) is 12.4 Å². The Morgan fingerprint density at radius 1 is 1.77 bits per heavy atom. The first-order chi connectivity index (χ1) is 6.29. The number of hydrogen-bond donors (Lipinski definition) is 0. The molecule has 1 aliphatic rings. The molecule has 0 aromatic carbocycles.